The number of aliphatic hydroxyl groups excluding tert-OH is 1. The van der Waals surface area contributed by atoms with Gasteiger partial charge in [-0.2, -0.15) is 0 Å². The summed E-state index contributed by atoms with van der Waals surface area (Å²) in [5, 5.41) is 17.1. The van der Waals surface area contributed by atoms with Gasteiger partial charge in [0.05, 0.1) is 18.2 Å². The lowest BCUT2D eigenvalue weighted by molar-refractivity contribution is -0.235. The number of carbonyl (C=O) groups is 7. The van der Waals surface area contributed by atoms with Gasteiger partial charge in [0, 0.05) is 61.3 Å². The molecule has 0 aromatic heterocycles. The number of benzene rings is 1. The molecule has 19 heteroatoms. The number of aliphatic hydroxyl groups is 1. The number of alkyl halides is 2. The number of hydrogen-bond donors (Lipinski definition) is 5. The molecule has 4 amide bonds. The topological polar surface area (TPSA) is 256 Å². The number of amides is 4. The van der Waals surface area contributed by atoms with Crippen molar-refractivity contribution < 1.29 is 66.4 Å². The van der Waals surface area contributed by atoms with E-state index >= 15 is 8.78 Å². The molecule has 17 nitrogen and oxygen atoms in total. The molecule has 7 N–H and O–H groups in total. The summed E-state index contributed by atoms with van der Waals surface area (Å²) in [5.41, 5.74) is 5.31. The number of halogens is 2. The van der Waals surface area contributed by atoms with Crippen molar-refractivity contribution in [3.05, 3.63) is 53.6 Å². The Morgan fingerprint density at radius 2 is 1.75 bits per heavy atom. The molecule has 6 rings (SSSR count). The summed E-state index contributed by atoms with van der Waals surface area (Å²) >= 11 is 0. The molecule has 0 bridgehead atoms. The van der Waals surface area contributed by atoms with Crippen LogP contribution in [0.1, 0.15) is 104 Å². The van der Waals surface area contributed by atoms with E-state index in [1.807, 2.05) is 20.8 Å². The van der Waals surface area contributed by atoms with Crippen LogP contribution < -0.4 is 22.1 Å². The van der Waals surface area contributed by atoms with Crippen LogP contribution in [0.15, 0.2) is 48.1 Å². The zero-order valence-electron chi connectivity index (χ0n) is 40.4. The van der Waals surface area contributed by atoms with Crippen LogP contribution >= 0.6 is 0 Å². The molecule has 1 unspecified atom stereocenters. The lowest BCUT2D eigenvalue weighted by atomic mass is 9.44. The summed E-state index contributed by atoms with van der Waals surface area (Å²) < 4.78 is 57.6. The second-order valence-corrected chi connectivity index (χ2v) is 20.2. The molecule has 1 aliphatic heterocycles. The minimum atomic E-state index is -2.36. The zero-order chi connectivity index (χ0) is 50.6. The largest absolute Gasteiger partial charge is 0.458 e. The molecule has 69 heavy (non-hydrogen) atoms. The number of primary amides is 1. The minimum Gasteiger partial charge on any atom is -0.458 e. The highest BCUT2D eigenvalue weighted by molar-refractivity contribution is 6.01. The summed E-state index contributed by atoms with van der Waals surface area (Å²) in [4.78, 5) is 91.0. The number of nitrogens with zero attached hydrogens (tertiary/aromatic N) is 1. The van der Waals surface area contributed by atoms with Gasteiger partial charge in [-0.25, -0.2) is 18.4 Å². The lowest BCUT2D eigenvalue weighted by Gasteiger charge is -2.63. The summed E-state index contributed by atoms with van der Waals surface area (Å²) in [6, 6.07) is 5.18. The van der Waals surface area contributed by atoms with E-state index < -0.39 is 107 Å². The molecule has 1 saturated heterocycles. The third kappa shape index (κ3) is 10.5. The van der Waals surface area contributed by atoms with E-state index in [1.165, 1.54) is 31.0 Å². The van der Waals surface area contributed by atoms with Crippen molar-refractivity contribution in [3.63, 3.8) is 0 Å². The molecule has 1 aromatic carbocycles. The number of fused-ring (bicyclic) bond motifs is 7. The zero-order valence-corrected chi connectivity index (χ0v) is 40.4. The molecule has 0 spiro atoms. The van der Waals surface area contributed by atoms with E-state index in [2.05, 4.69) is 10.6 Å². The Labute approximate surface area is 401 Å². The maximum absolute atomic E-state index is 17.8. The van der Waals surface area contributed by atoms with Crippen molar-refractivity contribution in [3.8, 4) is 0 Å². The van der Waals surface area contributed by atoms with Crippen LogP contribution in [0.25, 0.3) is 0 Å². The fourth-order valence-electron chi connectivity index (χ4n) is 11.6. The third-order valence-electron chi connectivity index (χ3n) is 15.4. The summed E-state index contributed by atoms with van der Waals surface area (Å²) in [6.07, 6.45) is -0.544. The van der Waals surface area contributed by atoms with Gasteiger partial charge < -0.3 is 51.1 Å². The molecule has 0 radical (unpaired) electrons. The number of allylic oxidation sites excluding steroid dienone is 4. The van der Waals surface area contributed by atoms with E-state index in [0.717, 1.165) is 6.08 Å². The second kappa shape index (κ2) is 21.5. The number of rotatable bonds is 21. The van der Waals surface area contributed by atoms with E-state index in [1.54, 1.807) is 31.2 Å². The van der Waals surface area contributed by atoms with Crippen LogP contribution in [0.3, 0.4) is 0 Å². The highest BCUT2D eigenvalue weighted by Gasteiger charge is 2.80. The van der Waals surface area contributed by atoms with E-state index in [4.69, 9.17) is 30.4 Å². The summed E-state index contributed by atoms with van der Waals surface area (Å²) in [6.45, 7) is 8.39. The Hall–Kier alpha value is -5.11. The molecule has 5 aliphatic rings. The van der Waals surface area contributed by atoms with Crippen LogP contribution in [-0.2, 0) is 49.5 Å². The Morgan fingerprint density at radius 3 is 2.42 bits per heavy atom. The number of ketones is 3. The van der Waals surface area contributed by atoms with Crippen molar-refractivity contribution in [2.75, 3.05) is 32.1 Å². The highest BCUT2D eigenvalue weighted by atomic mass is 19.1. The molecule has 1 heterocycles. The molecule has 3 saturated carbocycles. The Bertz CT molecular complexity index is 2190. The van der Waals surface area contributed by atoms with E-state index in [-0.39, 0.29) is 81.4 Å². The van der Waals surface area contributed by atoms with Gasteiger partial charge in [0.2, 0.25) is 11.7 Å². The van der Waals surface area contributed by atoms with Crippen molar-refractivity contribution in [2.45, 2.75) is 147 Å². The predicted octanol–water partition coefficient (Wildman–Crippen LogP) is 5.30. The van der Waals surface area contributed by atoms with Gasteiger partial charge in [-0.3, -0.25) is 24.0 Å². The van der Waals surface area contributed by atoms with E-state index in [0.29, 0.717) is 36.9 Å². The molecule has 4 fully saturated rings. The molecule has 1 aromatic rings. The smallest absolute Gasteiger partial charge is 0.409 e. The number of carbonyl (C=O) groups excluding carboxylic acids is 7. The number of hydrogen-bond acceptors (Lipinski definition) is 13. The number of ether oxygens (including phenoxy) is 4. The number of esters is 1. The molecular formula is C50H69F2N5O12. The van der Waals surface area contributed by atoms with Crippen molar-refractivity contribution in [2.24, 2.45) is 46.0 Å². The van der Waals surface area contributed by atoms with Gasteiger partial charge >= 0.3 is 18.1 Å². The average Bonchev–Trinajstić information content (AvgIpc) is 3.78. The minimum absolute atomic E-state index is 0.00505. The standard InChI is InChI=1S/C50H69F2N5O12/c1-7-10-42-68-40-24-33-34-23-36(51)35-22-32(58)17-18-47(35,4)49(34,52)38(60)25-48(33,5)50(40,69-42)39(61)27-66-41(62)12-9-20-57(6)46(65)67-26-29-13-15-31(16-14-29)56-44(63)30(11-8-19-55-45(54)64)21-37(59)43(53)28(2)3/h13-18,22,28,30,33-34,36,38,40,42-43,60H,7-12,19-21,23-27,53H2,1-6H3,(H,56,63)(H3,54,55,64)/t30-,33+,34+,36+,38+,40-,42?,43+,47+,48+,49+,50-/m1/s1. The SMILES string of the molecule is CCCC1O[C@@H]2C[C@H]3[C@@H]4C[C@H](F)C5=CC(=O)C=C[C@]5(C)[C@@]4(F)[C@@H](O)C[C@]3(C)[C@]2(C(=O)COC(=O)CCCN(C)C(=O)OCc2ccc(NC(=O)[C@H](CCCNC(N)=O)CC(=O)[C@@H](N)C(C)C)cc2)O1. The average molecular weight is 970 g/mol. The second-order valence-electron chi connectivity index (χ2n) is 20.2. The molecule has 12 atom stereocenters. The summed E-state index contributed by atoms with van der Waals surface area (Å²) in [7, 11) is 1.50. The maximum atomic E-state index is 17.8. The van der Waals surface area contributed by atoms with Crippen molar-refractivity contribution in [1.82, 2.24) is 10.2 Å². The van der Waals surface area contributed by atoms with Gasteiger partial charge in [-0.05, 0) is 99.1 Å². The number of anilines is 1. The van der Waals surface area contributed by atoms with Gasteiger partial charge in [-0.1, -0.05) is 52.3 Å². The maximum Gasteiger partial charge on any atom is 0.409 e. The van der Waals surface area contributed by atoms with Gasteiger partial charge in [0.1, 0.15) is 12.8 Å². The number of Topliss-reactive ketones (excluding diaryl/α,β-unsaturated/α-hetero) is 2. The Balaban J connectivity index is 0.991. The number of nitrogens with two attached hydrogens (primary N) is 2. The Kier molecular flexibility index (Phi) is 16.6. The normalized spacial score (nSPS) is 31.8. The van der Waals surface area contributed by atoms with Gasteiger partial charge in [0.15, 0.2) is 35.7 Å². The fourth-order valence-corrected chi connectivity index (χ4v) is 11.6. The number of urea groups is 1. The highest BCUT2D eigenvalue weighted by Crippen LogP contribution is 2.72. The first-order valence-electron chi connectivity index (χ1n) is 24.1. The fraction of sp³-hybridized carbons (Fsp3) is 0.660. The van der Waals surface area contributed by atoms with Crippen LogP contribution in [0, 0.1) is 34.5 Å². The van der Waals surface area contributed by atoms with Crippen molar-refractivity contribution in [1.29, 1.82) is 0 Å². The Morgan fingerprint density at radius 1 is 1.04 bits per heavy atom. The van der Waals surface area contributed by atoms with Gasteiger partial charge in [0.25, 0.3) is 0 Å². The number of nitrogens with one attached hydrogen (secondary N) is 2. The first kappa shape index (κ1) is 53.2. The molecule has 4 aliphatic carbocycles. The summed E-state index contributed by atoms with van der Waals surface area (Å²) in [5.74, 6) is -4.93. The van der Waals surface area contributed by atoms with Crippen LogP contribution in [0.5, 0.6) is 0 Å². The predicted molar refractivity (Wildman–Crippen MR) is 247 cm³/mol. The first-order chi connectivity index (χ1) is 32.5. The van der Waals surface area contributed by atoms with Gasteiger partial charge in [-0.15, -0.1) is 0 Å². The quantitative estimate of drug-likeness (QED) is 0.0775. The monoisotopic (exact) mass is 969 g/mol. The van der Waals surface area contributed by atoms with Crippen molar-refractivity contribution >= 4 is 47.0 Å². The van der Waals surface area contributed by atoms with Crippen LogP contribution in [-0.4, -0.2) is 120 Å². The van der Waals surface area contributed by atoms with E-state index in [9.17, 15) is 38.7 Å². The van der Waals surface area contributed by atoms with Crippen LogP contribution in [0.4, 0.5) is 24.1 Å². The third-order valence-corrected chi connectivity index (χ3v) is 15.4. The first-order valence-corrected chi connectivity index (χ1v) is 24.1. The molecule has 380 valence electrons. The lowest BCUT2D eigenvalue weighted by Crippen LogP contribution is -2.71. The molecular weight excluding hydrogens is 901 g/mol. The van der Waals surface area contributed by atoms with Crippen LogP contribution in [0.2, 0.25) is 0 Å².